The average Bonchev–Trinajstić information content (AvgIpc) is 2.15. The Kier molecular flexibility index (Phi) is 3.74. The van der Waals surface area contributed by atoms with E-state index >= 15 is 0 Å². The van der Waals surface area contributed by atoms with Crippen LogP contribution in [0.15, 0.2) is 25.3 Å². The van der Waals surface area contributed by atoms with Crippen molar-refractivity contribution in [2.75, 3.05) is 6.54 Å². The number of carbonyl (C=O) groups excluding carboxylic acids is 1. The lowest BCUT2D eigenvalue weighted by molar-refractivity contribution is 0.0179. The van der Waals surface area contributed by atoms with Gasteiger partial charge in [0, 0.05) is 13.0 Å². The van der Waals surface area contributed by atoms with E-state index in [1.165, 1.54) is 0 Å². The van der Waals surface area contributed by atoms with Crippen LogP contribution in [0.1, 0.15) is 19.8 Å². The molecule has 0 spiro atoms. The average molecular weight is 195 g/mol. The van der Waals surface area contributed by atoms with Gasteiger partial charge in [-0.1, -0.05) is 12.2 Å². The minimum absolute atomic E-state index is 0.00881. The molecule has 1 rings (SSSR count). The molecule has 1 saturated heterocycles. The second-order valence-electron chi connectivity index (χ2n) is 3.50. The van der Waals surface area contributed by atoms with E-state index in [0.29, 0.717) is 6.54 Å². The minimum atomic E-state index is -0.240. The zero-order valence-electron chi connectivity index (χ0n) is 8.61. The monoisotopic (exact) mass is 195 g/mol. The van der Waals surface area contributed by atoms with Crippen LogP contribution < -0.4 is 0 Å². The van der Waals surface area contributed by atoms with Crippen molar-refractivity contribution >= 4 is 6.09 Å². The van der Waals surface area contributed by atoms with E-state index in [9.17, 15) is 4.79 Å². The van der Waals surface area contributed by atoms with Crippen molar-refractivity contribution in [1.29, 1.82) is 0 Å². The van der Waals surface area contributed by atoms with E-state index in [-0.39, 0.29) is 18.2 Å². The summed E-state index contributed by atoms with van der Waals surface area (Å²) in [6.07, 6.45) is 4.96. The third-order valence-electron chi connectivity index (χ3n) is 2.36. The Labute approximate surface area is 85.0 Å². The van der Waals surface area contributed by atoms with Crippen LogP contribution in [0.4, 0.5) is 4.79 Å². The Morgan fingerprint density at radius 3 is 2.93 bits per heavy atom. The highest BCUT2D eigenvalue weighted by Crippen LogP contribution is 2.19. The van der Waals surface area contributed by atoms with E-state index in [1.54, 1.807) is 17.1 Å². The van der Waals surface area contributed by atoms with Crippen LogP contribution in [-0.2, 0) is 4.74 Å². The number of hydrogen-bond donors (Lipinski definition) is 0. The molecule has 2 atom stereocenters. The van der Waals surface area contributed by atoms with Crippen molar-refractivity contribution in [1.82, 2.24) is 4.90 Å². The van der Waals surface area contributed by atoms with Gasteiger partial charge in [0.2, 0.25) is 0 Å². The lowest BCUT2D eigenvalue weighted by Crippen LogP contribution is -2.47. The number of carbonyl (C=O) groups is 1. The van der Waals surface area contributed by atoms with E-state index in [2.05, 4.69) is 13.2 Å². The van der Waals surface area contributed by atoms with Crippen molar-refractivity contribution < 1.29 is 9.53 Å². The van der Waals surface area contributed by atoms with Gasteiger partial charge in [0.1, 0.15) is 6.10 Å². The number of nitrogens with zero attached hydrogens (tertiary/aromatic N) is 1. The van der Waals surface area contributed by atoms with Crippen LogP contribution in [0.3, 0.4) is 0 Å². The molecule has 0 aromatic rings. The summed E-state index contributed by atoms with van der Waals surface area (Å²) in [7, 11) is 0. The molecule has 14 heavy (non-hydrogen) atoms. The van der Waals surface area contributed by atoms with Crippen LogP contribution >= 0.6 is 0 Å². The lowest BCUT2D eigenvalue weighted by atomic mass is 10.1. The molecule has 0 saturated carbocycles. The summed E-state index contributed by atoms with van der Waals surface area (Å²) >= 11 is 0. The molecule has 0 bridgehead atoms. The number of cyclic esters (lactones) is 1. The van der Waals surface area contributed by atoms with Gasteiger partial charge in [0.15, 0.2) is 0 Å². The van der Waals surface area contributed by atoms with Gasteiger partial charge in [0.25, 0.3) is 0 Å². The molecular weight excluding hydrogens is 178 g/mol. The van der Waals surface area contributed by atoms with Crippen LogP contribution in [0.5, 0.6) is 0 Å². The topological polar surface area (TPSA) is 29.5 Å². The zero-order chi connectivity index (χ0) is 10.6. The lowest BCUT2D eigenvalue weighted by Gasteiger charge is -2.36. The van der Waals surface area contributed by atoms with Gasteiger partial charge in [-0.05, 0) is 13.3 Å². The van der Waals surface area contributed by atoms with Crippen molar-refractivity contribution in [3.63, 3.8) is 0 Å². The van der Waals surface area contributed by atoms with Gasteiger partial charge in [-0.3, -0.25) is 0 Å². The number of ether oxygens (including phenoxy) is 1. The Bertz CT molecular complexity index is 237. The molecule has 1 fully saturated rings. The summed E-state index contributed by atoms with van der Waals surface area (Å²) in [6, 6.07) is 0.103. The zero-order valence-corrected chi connectivity index (χ0v) is 8.61. The Morgan fingerprint density at radius 2 is 2.36 bits per heavy atom. The molecule has 1 aliphatic rings. The molecular formula is C11H17NO2. The summed E-state index contributed by atoms with van der Waals surface area (Å²) in [5.74, 6) is 0. The van der Waals surface area contributed by atoms with Crippen LogP contribution in [-0.4, -0.2) is 29.7 Å². The second-order valence-corrected chi connectivity index (χ2v) is 3.50. The molecule has 3 heteroatoms. The van der Waals surface area contributed by atoms with Gasteiger partial charge in [0.05, 0.1) is 6.04 Å². The molecule has 1 aliphatic heterocycles. The maximum atomic E-state index is 11.5. The molecule has 0 unspecified atom stereocenters. The molecule has 0 radical (unpaired) electrons. The fourth-order valence-corrected chi connectivity index (χ4v) is 1.60. The van der Waals surface area contributed by atoms with E-state index in [1.807, 2.05) is 6.92 Å². The molecule has 0 aromatic heterocycles. The molecule has 1 amide bonds. The molecule has 1 heterocycles. The molecule has 0 N–H and O–H groups in total. The Morgan fingerprint density at radius 1 is 1.64 bits per heavy atom. The summed E-state index contributed by atoms with van der Waals surface area (Å²) in [6.45, 7) is 9.93. The molecule has 3 nitrogen and oxygen atoms in total. The molecule has 78 valence electrons. The van der Waals surface area contributed by atoms with Gasteiger partial charge < -0.3 is 9.64 Å². The van der Waals surface area contributed by atoms with E-state index < -0.39 is 0 Å². The predicted molar refractivity (Wildman–Crippen MR) is 56.1 cm³/mol. The fourth-order valence-electron chi connectivity index (χ4n) is 1.60. The Balaban J connectivity index is 2.63. The van der Waals surface area contributed by atoms with Crippen molar-refractivity contribution in [3.05, 3.63) is 25.3 Å². The summed E-state index contributed by atoms with van der Waals surface area (Å²) in [5, 5.41) is 0. The highest BCUT2D eigenvalue weighted by Gasteiger charge is 2.30. The first-order valence-electron chi connectivity index (χ1n) is 4.89. The maximum Gasteiger partial charge on any atom is 0.410 e. The minimum Gasteiger partial charge on any atom is -0.446 e. The SMILES string of the molecule is C=CCCN1C(=O)O[C@@H](C)C[C@H]1C=C. The largest absolute Gasteiger partial charge is 0.446 e. The first-order valence-corrected chi connectivity index (χ1v) is 4.89. The first kappa shape index (κ1) is 10.8. The standard InChI is InChI=1S/C11H17NO2/c1-4-6-7-12-10(5-2)8-9(3)14-11(12)13/h4-5,9-10H,1-2,6-8H2,3H3/t9-,10+/m0/s1. The third-order valence-corrected chi connectivity index (χ3v) is 2.36. The summed E-state index contributed by atoms with van der Waals surface area (Å²) in [5.41, 5.74) is 0. The van der Waals surface area contributed by atoms with Gasteiger partial charge in [-0.15, -0.1) is 13.2 Å². The first-order chi connectivity index (χ1) is 6.69. The van der Waals surface area contributed by atoms with Crippen molar-refractivity contribution in [3.8, 4) is 0 Å². The summed E-state index contributed by atoms with van der Waals surface area (Å²) < 4.78 is 5.13. The van der Waals surface area contributed by atoms with E-state index in [0.717, 1.165) is 12.8 Å². The van der Waals surface area contributed by atoms with Crippen molar-refractivity contribution in [2.24, 2.45) is 0 Å². The van der Waals surface area contributed by atoms with Crippen molar-refractivity contribution in [2.45, 2.75) is 31.9 Å². The maximum absolute atomic E-state index is 11.5. The highest BCUT2D eigenvalue weighted by molar-refractivity contribution is 5.69. The number of hydrogen-bond acceptors (Lipinski definition) is 2. The second kappa shape index (κ2) is 4.84. The van der Waals surface area contributed by atoms with Crippen LogP contribution in [0.2, 0.25) is 0 Å². The van der Waals surface area contributed by atoms with Gasteiger partial charge in [-0.25, -0.2) is 4.79 Å². The smallest absolute Gasteiger partial charge is 0.410 e. The fraction of sp³-hybridized carbons (Fsp3) is 0.545. The highest BCUT2D eigenvalue weighted by atomic mass is 16.6. The van der Waals surface area contributed by atoms with E-state index in [4.69, 9.17) is 4.74 Å². The normalized spacial score (nSPS) is 26.9. The predicted octanol–water partition coefficient (Wildman–Crippen LogP) is 2.35. The van der Waals surface area contributed by atoms with Crippen LogP contribution in [0.25, 0.3) is 0 Å². The van der Waals surface area contributed by atoms with Gasteiger partial charge >= 0.3 is 6.09 Å². The van der Waals surface area contributed by atoms with Gasteiger partial charge in [-0.2, -0.15) is 0 Å². The quantitative estimate of drug-likeness (QED) is 0.644. The number of amides is 1. The summed E-state index contributed by atoms with van der Waals surface area (Å²) in [4.78, 5) is 13.2. The molecule has 0 aromatic carbocycles. The Hall–Kier alpha value is -1.25. The third kappa shape index (κ3) is 2.37. The number of rotatable bonds is 4. The molecule has 0 aliphatic carbocycles. The van der Waals surface area contributed by atoms with Crippen LogP contribution in [0, 0.1) is 0 Å².